The molecular formula is C44H52O5. The van der Waals surface area contributed by atoms with E-state index in [0.717, 1.165) is 82.8 Å². The second-order valence-corrected chi connectivity index (χ2v) is 13.4. The van der Waals surface area contributed by atoms with Gasteiger partial charge in [-0.1, -0.05) is 98.1 Å². The number of carbonyl (C=O) groups is 2. The molecule has 2 unspecified atom stereocenters. The first-order valence-corrected chi connectivity index (χ1v) is 18.1. The summed E-state index contributed by atoms with van der Waals surface area (Å²) >= 11 is 0. The van der Waals surface area contributed by atoms with E-state index in [-0.39, 0.29) is 11.9 Å². The third kappa shape index (κ3) is 10.6. The van der Waals surface area contributed by atoms with Crippen LogP contribution in [0.3, 0.4) is 0 Å². The van der Waals surface area contributed by atoms with E-state index in [2.05, 4.69) is 91.0 Å². The van der Waals surface area contributed by atoms with Crippen LogP contribution >= 0.6 is 0 Å². The van der Waals surface area contributed by atoms with E-state index in [4.69, 9.17) is 14.2 Å². The van der Waals surface area contributed by atoms with Crippen molar-refractivity contribution in [2.75, 3.05) is 14.2 Å². The maximum Gasteiger partial charge on any atom is 0.337 e. The monoisotopic (exact) mass is 660 g/mol. The van der Waals surface area contributed by atoms with Gasteiger partial charge in [-0.3, -0.25) is 4.79 Å². The van der Waals surface area contributed by atoms with Crippen molar-refractivity contribution in [2.45, 2.75) is 96.0 Å². The molecule has 0 amide bonds. The maximum absolute atomic E-state index is 12.3. The molecule has 0 radical (unpaired) electrons. The Morgan fingerprint density at radius 1 is 0.714 bits per heavy atom. The summed E-state index contributed by atoms with van der Waals surface area (Å²) in [4.78, 5) is 23.9. The largest absolute Gasteiger partial charge is 0.489 e. The number of aryl methyl sites for hydroxylation is 4. The number of ether oxygens (including phenoxy) is 3. The molecule has 1 aliphatic carbocycles. The number of fused-ring (bicyclic) bond motifs is 1. The minimum absolute atomic E-state index is 0.125. The molecule has 0 aromatic heterocycles. The molecule has 0 fully saturated rings. The van der Waals surface area contributed by atoms with Crippen LogP contribution in [0.5, 0.6) is 5.75 Å². The average Bonchev–Trinajstić information content (AvgIpc) is 3.15. The number of hydrogen-bond acceptors (Lipinski definition) is 5. The number of rotatable bonds is 18. The van der Waals surface area contributed by atoms with Crippen molar-refractivity contribution < 1.29 is 23.8 Å². The van der Waals surface area contributed by atoms with Gasteiger partial charge in [-0.05, 0) is 121 Å². The number of carbonyl (C=O) groups excluding carboxylic acids is 2. The van der Waals surface area contributed by atoms with Gasteiger partial charge in [0.2, 0.25) is 0 Å². The zero-order valence-corrected chi connectivity index (χ0v) is 29.3. The molecule has 0 bridgehead atoms. The Morgan fingerprint density at radius 2 is 1.45 bits per heavy atom. The van der Waals surface area contributed by atoms with Crippen molar-refractivity contribution in [1.29, 1.82) is 0 Å². The van der Waals surface area contributed by atoms with E-state index in [1.807, 2.05) is 6.07 Å². The number of para-hydroxylation sites is 1. The Kier molecular flexibility index (Phi) is 13.9. The number of hydrogen-bond donors (Lipinski definition) is 0. The lowest BCUT2D eigenvalue weighted by atomic mass is 9.72. The first-order chi connectivity index (χ1) is 24.1. The standard InChI is InChI=1S/C44H52O5/c1-47-43(45)24-9-4-3-8-18-35(40-22-14-21-37-31-38(44(46)48-2)29-30-41(37)40)27-28-36-19-12-13-23-42(36)49-32-39-20-11-10-17-34(39)26-25-33-15-6-5-7-16-33/h5-7,10-13,15-17,19-20,23,29-31,35,40H,3-4,8-9,14,18,21-22,24-28,32H2,1-2H3. The van der Waals surface area contributed by atoms with Gasteiger partial charge in [0.1, 0.15) is 12.4 Å². The lowest BCUT2D eigenvalue weighted by molar-refractivity contribution is -0.140. The molecule has 4 aromatic carbocycles. The highest BCUT2D eigenvalue weighted by Crippen LogP contribution is 2.42. The second kappa shape index (κ2) is 19.0. The number of benzene rings is 4. The van der Waals surface area contributed by atoms with Crippen molar-refractivity contribution in [3.63, 3.8) is 0 Å². The van der Waals surface area contributed by atoms with E-state index >= 15 is 0 Å². The molecule has 1 aliphatic rings. The lowest BCUT2D eigenvalue weighted by Crippen LogP contribution is -2.20. The van der Waals surface area contributed by atoms with Crippen LogP contribution in [-0.4, -0.2) is 26.2 Å². The van der Waals surface area contributed by atoms with Crippen LogP contribution in [0.2, 0.25) is 0 Å². The topological polar surface area (TPSA) is 61.8 Å². The van der Waals surface area contributed by atoms with Crippen molar-refractivity contribution in [3.05, 3.63) is 136 Å². The van der Waals surface area contributed by atoms with E-state index < -0.39 is 0 Å². The van der Waals surface area contributed by atoms with Gasteiger partial charge in [-0.15, -0.1) is 0 Å². The molecule has 0 aliphatic heterocycles. The van der Waals surface area contributed by atoms with Crippen LogP contribution in [0.15, 0.2) is 97.1 Å². The zero-order chi connectivity index (χ0) is 34.3. The Bertz CT molecular complexity index is 1630. The van der Waals surface area contributed by atoms with E-state index in [1.54, 1.807) is 0 Å². The highest BCUT2D eigenvalue weighted by molar-refractivity contribution is 5.89. The number of unbranched alkanes of at least 4 members (excludes halogenated alkanes) is 3. The third-order valence-electron chi connectivity index (χ3n) is 10.2. The highest BCUT2D eigenvalue weighted by Gasteiger charge is 2.28. The van der Waals surface area contributed by atoms with Crippen molar-refractivity contribution in [2.24, 2.45) is 5.92 Å². The minimum Gasteiger partial charge on any atom is -0.489 e. The molecule has 0 saturated carbocycles. The van der Waals surface area contributed by atoms with Gasteiger partial charge in [0.25, 0.3) is 0 Å². The van der Waals surface area contributed by atoms with Gasteiger partial charge in [-0.25, -0.2) is 4.79 Å². The van der Waals surface area contributed by atoms with Crippen molar-refractivity contribution >= 4 is 11.9 Å². The molecule has 2 atom stereocenters. The molecular weight excluding hydrogens is 608 g/mol. The molecule has 0 spiro atoms. The van der Waals surface area contributed by atoms with Gasteiger partial charge in [-0.2, -0.15) is 0 Å². The molecule has 0 N–H and O–H groups in total. The smallest absolute Gasteiger partial charge is 0.337 e. The summed E-state index contributed by atoms with van der Waals surface area (Å²) in [6, 6.07) is 34.0. The Morgan fingerprint density at radius 3 is 2.24 bits per heavy atom. The zero-order valence-electron chi connectivity index (χ0n) is 29.3. The van der Waals surface area contributed by atoms with Gasteiger partial charge < -0.3 is 14.2 Å². The van der Waals surface area contributed by atoms with Gasteiger partial charge in [0.05, 0.1) is 19.8 Å². The molecule has 49 heavy (non-hydrogen) atoms. The molecule has 5 rings (SSSR count). The summed E-state index contributed by atoms with van der Waals surface area (Å²) in [7, 11) is 2.90. The fourth-order valence-corrected chi connectivity index (χ4v) is 7.48. The minimum atomic E-state index is -0.274. The SMILES string of the molecule is COC(=O)CCCCCCC(CCc1ccccc1OCc1ccccc1CCc1ccccc1)C1CCCc2cc(C(=O)OC)ccc21. The number of esters is 2. The van der Waals surface area contributed by atoms with Gasteiger partial charge in [0.15, 0.2) is 0 Å². The Hall–Kier alpha value is -4.38. The summed E-state index contributed by atoms with van der Waals surface area (Å²) in [5, 5.41) is 0. The fourth-order valence-electron chi connectivity index (χ4n) is 7.48. The van der Waals surface area contributed by atoms with Crippen LogP contribution in [0.25, 0.3) is 0 Å². The van der Waals surface area contributed by atoms with Gasteiger partial charge >= 0.3 is 11.9 Å². The van der Waals surface area contributed by atoms with Gasteiger partial charge in [0, 0.05) is 6.42 Å². The molecule has 0 saturated heterocycles. The van der Waals surface area contributed by atoms with Crippen LogP contribution in [0.4, 0.5) is 0 Å². The summed E-state index contributed by atoms with van der Waals surface area (Å²) in [5.41, 5.74) is 8.50. The number of methoxy groups -OCH3 is 2. The van der Waals surface area contributed by atoms with Crippen LogP contribution in [0, 0.1) is 5.92 Å². The first-order valence-electron chi connectivity index (χ1n) is 18.1. The molecule has 0 heterocycles. The maximum atomic E-state index is 12.3. The normalized spacial score (nSPS) is 14.4. The van der Waals surface area contributed by atoms with E-state index in [9.17, 15) is 9.59 Å². The summed E-state index contributed by atoms with van der Waals surface area (Å²) in [6.45, 7) is 0.551. The average molecular weight is 661 g/mol. The second-order valence-electron chi connectivity index (χ2n) is 13.4. The molecule has 5 heteroatoms. The quantitative estimate of drug-likeness (QED) is 0.0785. The molecule has 5 nitrogen and oxygen atoms in total. The van der Waals surface area contributed by atoms with Crippen LogP contribution in [-0.2, 0) is 46.6 Å². The summed E-state index contributed by atoms with van der Waals surface area (Å²) < 4.78 is 16.4. The first kappa shape index (κ1) is 35.9. The van der Waals surface area contributed by atoms with E-state index in [1.165, 1.54) is 47.6 Å². The summed E-state index contributed by atoms with van der Waals surface area (Å²) in [6.07, 6.45) is 13.1. The summed E-state index contributed by atoms with van der Waals surface area (Å²) in [5.74, 6) is 1.53. The Balaban J connectivity index is 1.26. The molecule has 4 aromatic rings. The predicted octanol–water partition coefficient (Wildman–Crippen LogP) is 10.0. The third-order valence-corrected chi connectivity index (χ3v) is 10.2. The fraction of sp³-hybridized carbons (Fsp3) is 0.409. The van der Waals surface area contributed by atoms with Crippen molar-refractivity contribution in [3.8, 4) is 5.75 Å². The highest BCUT2D eigenvalue weighted by atomic mass is 16.5. The Labute approximate surface area is 293 Å². The molecule has 258 valence electrons. The van der Waals surface area contributed by atoms with Crippen LogP contribution < -0.4 is 4.74 Å². The predicted molar refractivity (Wildman–Crippen MR) is 196 cm³/mol. The van der Waals surface area contributed by atoms with Crippen LogP contribution in [0.1, 0.15) is 107 Å². The van der Waals surface area contributed by atoms with E-state index in [0.29, 0.717) is 30.4 Å². The lowest BCUT2D eigenvalue weighted by Gasteiger charge is -2.33. The van der Waals surface area contributed by atoms with Crippen molar-refractivity contribution in [1.82, 2.24) is 0 Å².